The number of esters is 1. The zero-order valence-electron chi connectivity index (χ0n) is 17.5. The van der Waals surface area contributed by atoms with Crippen LogP contribution in [0.5, 0.6) is 0 Å². The van der Waals surface area contributed by atoms with Crippen molar-refractivity contribution in [3.05, 3.63) is 91.2 Å². The molecule has 1 unspecified atom stereocenters. The molecule has 0 aliphatic carbocycles. The number of nitro groups is 2. The van der Waals surface area contributed by atoms with Gasteiger partial charge in [-0.3, -0.25) is 25.0 Å². The van der Waals surface area contributed by atoms with E-state index in [9.17, 15) is 29.8 Å². The quantitative estimate of drug-likeness (QED) is 0.363. The van der Waals surface area contributed by atoms with Gasteiger partial charge in [-0.1, -0.05) is 24.3 Å². The smallest absolute Gasteiger partial charge is 0.336 e. The molecule has 0 fully saturated rings. The molecule has 3 rings (SSSR count). The Morgan fingerprint density at radius 2 is 1.72 bits per heavy atom. The minimum Gasteiger partial charge on any atom is -0.463 e. The van der Waals surface area contributed by atoms with Gasteiger partial charge in [0, 0.05) is 42.3 Å². The molecule has 1 heterocycles. The third-order valence-corrected chi connectivity index (χ3v) is 5.26. The number of benzene rings is 2. The monoisotopic (exact) mass is 439 g/mol. The van der Waals surface area contributed by atoms with Crippen molar-refractivity contribution in [1.29, 1.82) is 0 Å². The first kappa shape index (κ1) is 22.6. The lowest BCUT2D eigenvalue weighted by atomic mass is 9.83. The third kappa shape index (κ3) is 4.64. The summed E-state index contributed by atoms with van der Waals surface area (Å²) in [4.78, 5) is 48.4. The predicted octanol–water partition coefficient (Wildman–Crippen LogP) is 3.86. The molecule has 0 radical (unpaired) electrons. The summed E-state index contributed by atoms with van der Waals surface area (Å²) in [6.07, 6.45) is -0.0957. The first-order valence-corrected chi connectivity index (χ1v) is 9.88. The van der Waals surface area contributed by atoms with Crippen molar-refractivity contribution in [2.45, 2.75) is 32.7 Å². The number of hydrogen-bond acceptors (Lipinski definition) is 7. The summed E-state index contributed by atoms with van der Waals surface area (Å²) in [6, 6.07) is 11.7. The van der Waals surface area contributed by atoms with Gasteiger partial charge in [0.05, 0.1) is 28.6 Å². The van der Waals surface area contributed by atoms with Crippen molar-refractivity contribution in [3.8, 4) is 0 Å². The van der Waals surface area contributed by atoms with Crippen molar-refractivity contribution in [2.75, 3.05) is 6.61 Å². The van der Waals surface area contributed by atoms with Crippen LogP contribution in [0, 0.1) is 20.2 Å². The number of carbonyl (C=O) groups excluding carboxylic acids is 2. The molecule has 0 spiro atoms. The van der Waals surface area contributed by atoms with Gasteiger partial charge in [-0.2, -0.15) is 0 Å². The summed E-state index contributed by atoms with van der Waals surface area (Å²) in [5.41, 5.74) is 1.33. The molecule has 2 aromatic rings. The molecule has 32 heavy (non-hydrogen) atoms. The fourth-order valence-corrected chi connectivity index (χ4v) is 3.77. The molecule has 2 aromatic carbocycles. The van der Waals surface area contributed by atoms with Gasteiger partial charge in [0.15, 0.2) is 0 Å². The zero-order chi connectivity index (χ0) is 23.4. The van der Waals surface area contributed by atoms with Gasteiger partial charge >= 0.3 is 5.97 Å². The maximum absolute atomic E-state index is 13.0. The van der Waals surface area contributed by atoms with Crippen molar-refractivity contribution in [3.63, 3.8) is 0 Å². The molecule has 0 saturated carbocycles. The lowest BCUT2D eigenvalue weighted by Crippen LogP contribution is -2.38. The minimum absolute atomic E-state index is 0.0386. The van der Waals surface area contributed by atoms with Gasteiger partial charge in [-0.05, 0) is 25.0 Å². The van der Waals surface area contributed by atoms with Crippen LogP contribution >= 0.6 is 0 Å². The van der Waals surface area contributed by atoms with E-state index >= 15 is 0 Å². The molecule has 0 saturated heterocycles. The molecule has 1 atom stereocenters. The highest BCUT2D eigenvalue weighted by Gasteiger charge is 2.37. The number of allylic oxidation sites excluding steroid dienone is 1. The molecule has 10 heteroatoms. The van der Waals surface area contributed by atoms with E-state index in [1.54, 1.807) is 26.0 Å². The normalized spacial score (nSPS) is 16.1. The first-order chi connectivity index (χ1) is 15.2. The molecule has 0 aromatic heterocycles. The van der Waals surface area contributed by atoms with Crippen molar-refractivity contribution >= 4 is 23.3 Å². The van der Waals surface area contributed by atoms with Crippen LogP contribution in [-0.4, -0.2) is 33.2 Å². The van der Waals surface area contributed by atoms with Gasteiger partial charge in [-0.15, -0.1) is 0 Å². The van der Waals surface area contributed by atoms with Gasteiger partial charge in [0.1, 0.15) is 0 Å². The van der Waals surface area contributed by atoms with Crippen LogP contribution in [0.3, 0.4) is 0 Å². The Kier molecular flexibility index (Phi) is 6.62. The van der Waals surface area contributed by atoms with Crippen molar-refractivity contribution in [1.82, 2.24) is 4.90 Å². The second kappa shape index (κ2) is 9.38. The second-order valence-electron chi connectivity index (χ2n) is 7.24. The number of amides is 1. The number of non-ortho nitro benzene ring substituents is 2. The standard InChI is InChI=1S/C22H21N3O7/c1-3-32-22(27)21-14(2)23(13-15-6-4-8-17(10-15)24(28)29)20(26)12-19(21)16-7-5-9-18(11-16)25(30)31/h4-11,19H,3,12-13H2,1-2H3. The molecule has 1 aliphatic heterocycles. The fourth-order valence-electron chi connectivity index (χ4n) is 3.77. The lowest BCUT2D eigenvalue weighted by molar-refractivity contribution is -0.385. The van der Waals surface area contributed by atoms with Crippen LogP contribution in [-0.2, 0) is 20.9 Å². The minimum atomic E-state index is -0.706. The Labute approximate surface area is 183 Å². The Morgan fingerprint density at radius 1 is 1.09 bits per heavy atom. The maximum Gasteiger partial charge on any atom is 0.336 e. The highest BCUT2D eigenvalue weighted by Crippen LogP contribution is 2.38. The Bertz CT molecular complexity index is 1130. The van der Waals surface area contributed by atoms with E-state index in [2.05, 4.69) is 0 Å². The van der Waals surface area contributed by atoms with E-state index in [1.807, 2.05) is 0 Å². The molecule has 1 amide bonds. The summed E-state index contributed by atoms with van der Waals surface area (Å²) in [5.74, 6) is -1.63. The lowest BCUT2D eigenvalue weighted by Gasteiger charge is -2.34. The van der Waals surface area contributed by atoms with Crippen LogP contribution in [0.1, 0.15) is 37.3 Å². The Morgan fingerprint density at radius 3 is 2.34 bits per heavy atom. The molecule has 0 bridgehead atoms. The maximum atomic E-state index is 13.0. The largest absolute Gasteiger partial charge is 0.463 e. The number of hydrogen-bond donors (Lipinski definition) is 0. The predicted molar refractivity (Wildman–Crippen MR) is 113 cm³/mol. The average Bonchev–Trinajstić information content (AvgIpc) is 2.76. The zero-order valence-corrected chi connectivity index (χ0v) is 17.5. The molecule has 0 N–H and O–H groups in total. The van der Waals surface area contributed by atoms with E-state index in [4.69, 9.17) is 4.74 Å². The topological polar surface area (TPSA) is 133 Å². The Balaban J connectivity index is 2.05. The van der Waals surface area contributed by atoms with E-state index in [0.717, 1.165) is 0 Å². The number of rotatable bonds is 7. The van der Waals surface area contributed by atoms with Gasteiger partial charge < -0.3 is 9.64 Å². The van der Waals surface area contributed by atoms with E-state index in [0.29, 0.717) is 16.8 Å². The highest BCUT2D eigenvalue weighted by atomic mass is 16.6. The summed E-state index contributed by atoms with van der Waals surface area (Å²) < 4.78 is 5.21. The number of nitro benzene ring substituents is 2. The molecule has 166 valence electrons. The average molecular weight is 439 g/mol. The summed E-state index contributed by atoms with van der Waals surface area (Å²) in [6.45, 7) is 3.42. The van der Waals surface area contributed by atoms with Crippen LogP contribution in [0.4, 0.5) is 11.4 Å². The SMILES string of the molecule is CCOC(=O)C1=C(C)N(Cc2cccc([N+](=O)[O-])c2)C(=O)CC1c1cccc([N+](=O)[O-])c1. The fraction of sp³-hybridized carbons (Fsp3) is 0.273. The molecular formula is C22H21N3O7. The summed E-state index contributed by atoms with van der Waals surface area (Å²) >= 11 is 0. The molecule has 1 aliphatic rings. The van der Waals surface area contributed by atoms with E-state index in [1.165, 1.54) is 41.3 Å². The van der Waals surface area contributed by atoms with Crippen LogP contribution in [0.15, 0.2) is 59.8 Å². The summed E-state index contributed by atoms with van der Waals surface area (Å²) in [7, 11) is 0. The molecule has 10 nitrogen and oxygen atoms in total. The molecular weight excluding hydrogens is 418 g/mol. The van der Waals surface area contributed by atoms with Crippen molar-refractivity contribution < 1.29 is 24.2 Å². The van der Waals surface area contributed by atoms with Gasteiger partial charge in [0.25, 0.3) is 11.4 Å². The summed E-state index contributed by atoms with van der Waals surface area (Å²) in [5, 5.41) is 22.3. The third-order valence-electron chi connectivity index (χ3n) is 5.26. The van der Waals surface area contributed by atoms with Crippen molar-refractivity contribution in [2.24, 2.45) is 0 Å². The van der Waals surface area contributed by atoms with Crippen LogP contribution in [0.2, 0.25) is 0 Å². The number of nitrogens with zero attached hydrogens (tertiary/aromatic N) is 3. The van der Waals surface area contributed by atoms with E-state index in [-0.39, 0.29) is 42.4 Å². The number of carbonyl (C=O) groups is 2. The first-order valence-electron chi connectivity index (χ1n) is 9.88. The number of ether oxygens (including phenoxy) is 1. The van der Waals surface area contributed by atoms with Crippen LogP contribution in [0.25, 0.3) is 0 Å². The van der Waals surface area contributed by atoms with Crippen LogP contribution < -0.4 is 0 Å². The van der Waals surface area contributed by atoms with Gasteiger partial charge in [0.2, 0.25) is 5.91 Å². The van der Waals surface area contributed by atoms with E-state index < -0.39 is 21.7 Å². The second-order valence-corrected chi connectivity index (χ2v) is 7.24. The Hall–Kier alpha value is -4.08. The van der Waals surface area contributed by atoms with Gasteiger partial charge in [-0.25, -0.2) is 4.79 Å². The highest BCUT2D eigenvalue weighted by molar-refractivity contribution is 5.95.